The Morgan fingerprint density at radius 3 is 2.41 bits per heavy atom. The molecule has 0 saturated heterocycles. The van der Waals surface area contributed by atoms with Gasteiger partial charge in [0, 0.05) is 25.1 Å². The number of carbonyl (C=O) groups is 2. The maximum atomic E-state index is 12.1. The second-order valence-corrected chi connectivity index (χ2v) is 5.40. The molecule has 0 spiro atoms. The van der Waals surface area contributed by atoms with E-state index < -0.39 is 5.92 Å². The topological polar surface area (TPSA) is 46.5 Å². The summed E-state index contributed by atoms with van der Waals surface area (Å²) < 4.78 is 0. The Balaban J connectivity index is 2.08. The monoisotopic (exact) mass is 235 g/mol. The molecule has 0 aromatic rings. The van der Waals surface area contributed by atoms with Gasteiger partial charge < -0.3 is 0 Å². The van der Waals surface area contributed by atoms with Crippen LogP contribution in [0.2, 0.25) is 0 Å². The van der Waals surface area contributed by atoms with Crippen LogP contribution in [0.1, 0.15) is 46.0 Å². The van der Waals surface area contributed by atoms with E-state index in [0.29, 0.717) is 18.8 Å². The third-order valence-electron chi connectivity index (χ3n) is 4.26. The van der Waals surface area contributed by atoms with E-state index in [-0.39, 0.29) is 17.5 Å². The number of rotatable bonds is 3. The van der Waals surface area contributed by atoms with Crippen LogP contribution >= 0.6 is 0 Å². The van der Waals surface area contributed by atoms with Gasteiger partial charge in [-0.3, -0.25) is 14.6 Å². The highest BCUT2D eigenvalue weighted by Gasteiger charge is 2.40. The maximum Gasteiger partial charge on any atom is 0.149 e. The summed E-state index contributed by atoms with van der Waals surface area (Å²) in [6.07, 6.45) is 4.03. The Morgan fingerprint density at radius 2 is 1.94 bits per heavy atom. The number of nitrogens with zero attached hydrogens (tertiary/aromatic N) is 1. The molecule has 1 saturated carbocycles. The Morgan fingerprint density at radius 1 is 1.29 bits per heavy atom. The first-order valence-electron chi connectivity index (χ1n) is 6.72. The van der Waals surface area contributed by atoms with E-state index in [9.17, 15) is 9.59 Å². The van der Waals surface area contributed by atoms with E-state index in [0.717, 1.165) is 31.5 Å². The van der Waals surface area contributed by atoms with Gasteiger partial charge in [-0.05, 0) is 24.7 Å². The molecule has 0 bridgehead atoms. The molecule has 3 heteroatoms. The van der Waals surface area contributed by atoms with Crippen LogP contribution in [0.5, 0.6) is 0 Å². The minimum absolute atomic E-state index is 0.118. The molecule has 1 fully saturated rings. The Hall–Kier alpha value is -0.990. The zero-order valence-corrected chi connectivity index (χ0v) is 10.7. The van der Waals surface area contributed by atoms with Gasteiger partial charge in [0.25, 0.3) is 0 Å². The van der Waals surface area contributed by atoms with Crippen LogP contribution in [0.4, 0.5) is 0 Å². The molecular weight excluding hydrogens is 214 g/mol. The van der Waals surface area contributed by atoms with Crippen molar-refractivity contribution in [2.75, 3.05) is 6.54 Å². The lowest BCUT2D eigenvalue weighted by Crippen LogP contribution is -2.39. The molecule has 1 unspecified atom stereocenters. The minimum atomic E-state index is -0.474. The van der Waals surface area contributed by atoms with Crippen molar-refractivity contribution in [3.8, 4) is 0 Å². The van der Waals surface area contributed by atoms with Crippen molar-refractivity contribution in [1.29, 1.82) is 0 Å². The molecule has 0 amide bonds. The molecule has 1 aliphatic carbocycles. The average molecular weight is 235 g/mol. The van der Waals surface area contributed by atoms with Crippen molar-refractivity contribution in [2.24, 2.45) is 22.7 Å². The van der Waals surface area contributed by atoms with Crippen molar-refractivity contribution in [3.63, 3.8) is 0 Å². The molecule has 0 aromatic carbocycles. The fourth-order valence-corrected chi connectivity index (χ4v) is 2.91. The highest BCUT2D eigenvalue weighted by Crippen LogP contribution is 2.32. The van der Waals surface area contributed by atoms with Gasteiger partial charge in [0.15, 0.2) is 0 Å². The Kier molecular flexibility index (Phi) is 3.75. The molecule has 0 N–H and O–H groups in total. The van der Waals surface area contributed by atoms with Crippen molar-refractivity contribution < 1.29 is 9.59 Å². The van der Waals surface area contributed by atoms with Gasteiger partial charge in [-0.15, -0.1) is 0 Å². The minimum Gasteiger partial charge on any atom is -0.298 e. The van der Waals surface area contributed by atoms with Gasteiger partial charge in [0.05, 0.1) is 0 Å². The average Bonchev–Trinajstić information content (AvgIpc) is 2.80. The Bertz CT molecular complexity index is 341. The SMILES string of the molecule is CCC(C)C1CC(=O)C(C2=NCCC2)C(=O)C1. The number of hydrogen-bond acceptors (Lipinski definition) is 3. The first kappa shape index (κ1) is 12.5. The molecule has 0 aromatic heterocycles. The van der Waals surface area contributed by atoms with Crippen molar-refractivity contribution in [3.05, 3.63) is 0 Å². The molecule has 2 rings (SSSR count). The quantitative estimate of drug-likeness (QED) is 0.705. The van der Waals surface area contributed by atoms with Crippen molar-refractivity contribution in [1.82, 2.24) is 0 Å². The summed E-state index contributed by atoms with van der Waals surface area (Å²) in [6.45, 7) is 5.05. The van der Waals surface area contributed by atoms with Crippen LogP contribution in [-0.2, 0) is 9.59 Å². The second-order valence-electron chi connectivity index (χ2n) is 5.40. The lowest BCUT2D eigenvalue weighted by molar-refractivity contribution is -0.135. The highest BCUT2D eigenvalue weighted by atomic mass is 16.2. The first-order valence-corrected chi connectivity index (χ1v) is 6.72. The molecule has 3 nitrogen and oxygen atoms in total. The number of carbonyl (C=O) groups excluding carboxylic acids is 2. The van der Waals surface area contributed by atoms with Crippen LogP contribution in [0.25, 0.3) is 0 Å². The number of ketones is 2. The van der Waals surface area contributed by atoms with Crippen molar-refractivity contribution in [2.45, 2.75) is 46.0 Å². The molecule has 17 heavy (non-hydrogen) atoms. The summed E-state index contributed by atoms with van der Waals surface area (Å²) in [6, 6.07) is 0. The molecule has 1 heterocycles. The lowest BCUT2D eigenvalue weighted by Gasteiger charge is -2.29. The summed E-state index contributed by atoms with van der Waals surface area (Å²) in [4.78, 5) is 28.6. The summed E-state index contributed by atoms with van der Waals surface area (Å²) >= 11 is 0. The van der Waals surface area contributed by atoms with E-state index in [1.807, 2.05) is 0 Å². The number of Topliss-reactive ketones (excluding diaryl/α,β-unsaturated/α-hetero) is 2. The van der Waals surface area contributed by atoms with E-state index in [1.165, 1.54) is 0 Å². The van der Waals surface area contributed by atoms with E-state index in [2.05, 4.69) is 18.8 Å². The normalized spacial score (nSPS) is 31.5. The Labute approximate surface area is 103 Å². The summed E-state index contributed by atoms with van der Waals surface area (Å²) in [5.74, 6) is 0.491. The van der Waals surface area contributed by atoms with Gasteiger partial charge in [0.1, 0.15) is 17.5 Å². The predicted molar refractivity (Wildman–Crippen MR) is 67.2 cm³/mol. The second kappa shape index (κ2) is 5.11. The molecule has 2 aliphatic rings. The van der Waals surface area contributed by atoms with Gasteiger partial charge in [-0.1, -0.05) is 20.3 Å². The molecule has 94 valence electrons. The van der Waals surface area contributed by atoms with E-state index in [4.69, 9.17) is 0 Å². The largest absolute Gasteiger partial charge is 0.298 e. The fraction of sp³-hybridized carbons (Fsp3) is 0.786. The van der Waals surface area contributed by atoms with E-state index >= 15 is 0 Å². The zero-order valence-electron chi connectivity index (χ0n) is 10.7. The van der Waals surface area contributed by atoms with Crippen molar-refractivity contribution >= 4 is 17.3 Å². The fourth-order valence-electron chi connectivity index (χ4n) is 2.91. The van der Waals surface area contributed by atoms with Gasteiger partial charge in [0.2, 0.25) is 0 Å². The zero-order chi connectivity index (χ0) is 12.4. The van der Waals surface area contributed by atoms with Crippen LogP contribution in [-0.4, -0.2) is 23.8 Å². The van der Waals surface area contributed by atoms with Crippen LogP contribution in [0, 0.1) is 17.8 Å². The first-order chi connectivity index (χ1) is 8.13. The molecule has 1 atom stereocenters. The highest BCUT2D eigenvalue weighted by molar-refractivity contribution is 6.22. The summed E-state index contributed by atoms with van der Waals surface area (Å²) in [5, 5.41) is 0. The number of aliphatic imine (C=N–C) groups is 1. The molecule has 0 radical (unpaired) electrons. The van der Waals surface area contributed by atoms with Crippen LogP contribution < -0.4 is 0 Å². The smallest absolute Gasteiger partial charge is 0.149 e. The molecular formula is C14H21NO2. The van der Waals surface area contributed by atoms with Crippen LogP contribution in [0.3, 0.4) is 0 Å². The van der Waals surface area contributed by atoms with Gasteiger partial charge in [-0.2, -0.15) is 0 Å². The maximum absolute atomic E-state index is 12.1. The third kappa shape index (κ3) is 2.48. The standard InChI is InChI=1S/C14H21NO2/c1-3-9(2)10-7-12(16)14(13(17)8-10)11-5-4-6-15-11/h9-10,14H,3-8H2,1-2H3. The summed E-state index contributed by atoms with van der Waals surface area (Å²) in [7, 11) is 0. The van der Waals surface area contributed by atoms with Gasteiger partial charge in [-0.25, -0.2) is 0 Å². The lowest BCUT2D eigenvalue weighted by atomic mass is 9.72. The number of hydrogen-bond donors (Lipinski definition) is 0. The predicted octanol–water partition coefficient (Wildman–Crippen LogP) is 2.43. The van der Waals surface area contributed by atoms with Gasteiger partial charge >= 0.3 is 0 Å². The summed E-state index contributed by atoms with van der Waals surface area (Å²) in [5.41, 5.74) is 0.864. The molecule has 1 aliphatic heterocycles. The van der Waals surface area contributed by atoms with Crippen LogP contribution in [0.15, 0.2) is 4.99 Å². The van der Waals surface area contributed by atoms with E-state index in [1.54, 1.807) is 0 Å². The third-order valence-corrected chi connectivity index (χ3v) is 4.26.